The molecule has 23 heavy (non-hydrogen) atoms. The second kappa shape index (κ2) is 6.89. The first-order valence-corrected chi connectivity index (χ1v) is 8.12. The van der Waals surface area contributed by atoms with Crippen LogP contribution < -0.4 is 16.2 Å². The van der Waals surface area contributed by atoms with Crippen molar-refractivity contribution in [2.45, 2.75) is 25.4 Å². The lowest BCUT2D eigenvalue weighted by Crippen LogP contribution is -2.39. The maximum Gasteiger partial charge on any atom is 0.242 e. The van der Waals surface area contributed by atoms with Crippen molar-refractivity contribution in [3.8, 4) is 0 Å². The van der Waals surface area contributed by atoms with Gasteiger partial charge < -0.3 is 5.32 Å². The van der Waals surface area contributed by atoms with Gasteiger partial charge >= 0.3 is 0 Å². The molecule has 1 aliphatic rings. The van der Waals surface area contributed by atoms with Gasteiger partial charge in [0.2, 0.25) is 5.91 Å². The predicted molar refractivity (Wildman–Crippen MR) is 93.7 cm³/mol. The molecule has 1 aliphatic heterocycles. The van der Waals surface area contributed by atoms with E-state index in [0.29, 0.717) is 16.5 Å². The van der Waals surface area contributed by atoms with Crippen molar-refractivity contribution in [2.75, 3.05) is 5.32 Å². The normalized spacial score (nSPS) is 20.5. The molecule has 2 aromatic rings. The minimum absolute atomic E-state index is 0.0516. The monoisotopic (exact) mass is 349 g/mol. The van der Waals surface area contributed by atoms with Crippen LogP contribution in [0.4, 0.5) is 5.69 Å². The first-order chi connectivity index (χ1) is 11.0. The topological polar surface area (TPSA) is 53.2 Å². The Balaban J connectivity index is 1.65. The molecule has 2 unspecified atom stereocenters. The molecule has 1 saturated heterocycles. The number of hydrazine groups is 1. The van der Waals surface area contributed by atoms with Gasteiger partial charge in [0, 0.05) is 21.8 Å². The van der Waals surface area contributed by atoms with Gasteiger partial charge in [0.05, 0.1) is 0 Å². The molecule has 1 heterocycles. The highest BCUT2D eigenvalue weighted by molar-refractivity contribution is 6.31. The van der Waals surface area contributed by atoms with Gasteiger partial charge in [0.15, 0.2) is 0 Å². The van der Waals surface area contributed by atoms with Gasteiger partial charge in [-0.05, 0) is 54.8 Å². The van der Waals surface area contributed by atoms with Crippen LogP contribution in [0.2, 0.25) is 10.0 Å². The molecule has 6 heteroatoms. The highest BCUT2D eigenvalue weighted by Gasteiger charge is 2.30. The molecule has 3 rings (SSSR count). The second-order valence-electron chi connectivity index (χ2n) is 5.63. The summed E-state index contributed by atoms with van der Waals surface area (Å²) in [5.41, 5.74) is 8.96. The average molecular weight is 350 g/mol. The fraction of sp³-hybridized carbons (Fsp3) is 0.235. The maximum absolute atomic E-state index is 12.4. The van der Waals surface area contributed by atoms with Crippen LogP contribution in [-0.2, 0) is 4.79 Å². The molecule has 0 radical (unpaired) electrons. The van der Waals surface area contributed by atoms with Crippen molar-refractivity contribution in [3.05, 3.63) is 63.6 Å². The standard InChI is InChI=1S/C17H17Cl2N3O/c1-10-7-13(19)5-6-14(10)20-17(23)16-9-15(21-22-16)11-3-2-4-12(18)8-11/h2-8,15-16,21-22H,9H2,1H3,(H,20,23). The Kier molecular flexibility index (Phi) is 4.87. The molecular weight excluding hydrogens is 333 g/mol. The maximum atomic E-state index is 12.4. The SMILES string of the molecule is Cc1cc(Cl)ccc1NC(=O)C1CC(c2cccc(Cl)c2)NN1. The van der Waals surface area contributed by atoms with Crippen molar-refractivity contribution in [3.63, 3.8) is 0 Å². The average Bonchev–Trinajstić information content (AvgIpc) is 3.00. The number of benzene rings is 2. The number of hydrogen-bond donors (Lipinski definition) is 3. The van der Waals surface area contributed by atoms with Crippen molar-refractivity contribution in [2.24, 2.45) is 0 Å². The van der Waals surface area contributed by atoms with Gasteiger partial charge in [-0.25, -0.2) is 10.9 Å². The van der Waals surface area contributed by atoms with E-state index >= 15 is 0 Å². The summed E-state index contributed by atoms with van der Waals surface area (Å²) in [5, 5.41) is 4.28. The van der Waals surface area contributed by atoms with Crippen molar-refractivity contribution in [1.82, 2.24) is 10.9 Å². The van der Waals surface area contributed by atoms with Gasteiger partial charge in [-0.15, -0.1) is 0 Å². The summed E-state index contributed by atoms with van der Waals surface area (Å²) in [6.45, 7) is 1.91. The molecule has 0 spiro atoms. The third kappa shape index (κ3) is 3.85. The Morgan fingerprint density at radius 3 is 2.65 bits per heavy atom. The second-order valence-corrected chi connectivity index (χ2v) is 6.51. The van der Waals surface area contributed by atoms with Crippen LogP contribution in [0.3, 0.4) is 0 Å². The zero-order chi connectivity index (χ0) is 16.4. The number of carbonyl (C=O) groups excluding carboxylic acids is 1. The van der Waals surface area contributed by atoms with Crippen LogP contribution >= 0.6 is 23.2 Å². The van der Waals surface area contributed by atoms with Gasteiger partial charge in [-0.3, -0.25) is 4.79 Å². The highest BCUT2D eigenvalue weighted by atomic mass is 35.5. The molecule has 4 nitrogen and oxygen atoms in total. The summed E-state index contributed by atoms with van der Waals surface area (Å²) in [6.07, 6.45) is 0.652. The lowest BCUT2D eigenvalue weighted by molar-refractivity contribution is -0.117. The quantitative estimate of drug-likeness (QED) is 0.788. The molecular formula is C17H17Cl2N3O. The van der Waals surface area contributed by atoms with E-state index in [1.165, 1.54) is 0 Å². The highest BCUT2D eigenvalue weighted by Crippen LogP contribution is 2.26. The van der Waals surface area contributed by atoms with E-state index in [4.69, 9.17) is 23.2 Å². The van der Waals surface area contributed by atoms with Crippen molar-refractivity contribution >= 4 is 34.8 Å². The van der Waals surface area contributed by atoms with E-state index in [1.54, 1.807) is 6.07 Å². The van der Waals surface area contributed by atoms with Gasteiger partial charge in [-0.1, -0.05) is 35.3 Å². The molecule has 1 amide bonds. The van der Waals surface area contributed by atoms with E-state index in [-0.39, 0.29) is 18.0 Å². The molecule has 0 bridgehead atoms. The molecule has 3 N–H and O–H groups in total. The van der Waals surface area contributed by atoms with Crippen LogP contribution in [-0.4, -0.2) is 11.9 Å². The summed E-state index contributed by atoms with van der Waals surface area (Å²) < 4.78 is 0. The molecule has 0 aromatic heterocycles. The molecule has 0 aliphatic carbocycles. The number of anilines is 1. The lowest BCUT2D eigenvalue weighted by atomic mass is 10.0. The minimum Gasteiger partial charge on any atom is -0.324 e. The molecule has 2 aromatic carbocycles. The zero-order valence-corrected chi connectivity index (χ0v) is 14.1. The fourth-order valence-corrected chi connectivity index (χ4v) is 3.08. The number of carbonyl (C=O) groups is 1. The number of nitrogens with one attached hydrogen (secondary N) is 3. The number of halogens is 2. The lowest BCUT2D eigenvalue weighted by Gasteiger charge is -2.13. The number of hydrogen-bond acceptors (Lipinski definition) is 3. The van der Waals surface area contributed by atoms with Gasteiger partial charge in [-0.2, -0.15) is 0 Å². The fourth-order valence-electron chi connectivity index (χ4n) is 2.66. The summed E-state index contributed by atoms with van der Waals surface area (Å²) in [4.78, 5) is 12.4. The summed E-state index contributed by atoms with van der Waals surface area (Å²) in [6, 6.07) is 12.8. The Morgan fingerprint density at radius 2 is 1.91 bits per heavy atom. The van der Waals surface area contributed by atoms with Gasteiger partial charge in [0.1, 0.15) is 6.04 Å². The first kappa shape index (κ1) is 16.3. The van der Waals surface area contributed by atoms with Gasteiger partial charge in [0.25, 0.3) is 0 Å². The number of aryl methyl sites for hydroxylation is 1. The Bertz CT molecular complexity index is 736. The van der Waals surface area contributed by atoms with E-state index in [0.717, 1.165) is 16.8 Å². The summed E-state index contributed by atoms with van der Waals surface area (Å²) in [7, 11) is 0. The number of rotatable bonds is 3. The van der Waals surface area contributed by atoms with Crippen LogP contribution in [0.5, 0.6) is 0 Å². The molecule has 2 atom stereocenters. The van der Waals surface area contributed by atoms with E-state index in [2.05, 4.69) is 16.2 Å². The Labute approximate surface area is 145 Å². The van der Waals surface area contributed by atoms with E-state index < -0.39 is 0 Å². The van der Waals surface area contributed by atoms with Crippen LogP contribution in [0, 0.1) is 6.92 Å². The Morgan fingerprint density at radius 1 is 1.13 bits per heavy atom. The minimum atomic E-state index is -0.311. The third-order valence-corrected chi connectivity index (χ3v) is 4.39. The summed E-state index contributed by atoms with van der Waals surface area (Å²) >= 11 is 12.0. The zero-order valence-electron chi connectivity index (χ0n) is 12.6. The molecule has 1 fully saturated rings. The smallest absolute Gasteiger partial charge is 0.242 e. The van der Waals surface area contributed by atoms with Crippen molar-refractivity contribution in [1.29, 1.82) is 0 Å². The van der Waals surface area contributed by atoms with Crippen molar-refractivity contribution < 1.29 is 4.79 Å². The van der Waals surface area contributed by atoms with E-state index in [9.17, 15) is 4.79 Å². The largest absolute Gasteiger partial charge is 0.324 e. The molecule has 120 valence electrons. The predicted octanol–water partition coefficient (Wildman–Crippen LogP) is 3.85. The molecule has 0 saturated carbocycles. The van der Waals surface area contributed by atoms with E-state index in [1.807, 2.05) is 43.3 Å². The third-order valence-electron chi connectivity index (χ3n) is 3.92. The summed E-state index contributed by atoms with van der Waals surface area (Å²) in [5.74, 6) is -0.0764. The Hall–Kier alpha value is -1.59. The number of amides is 1. The van der Waals surface area contributed by atoms with Crippen LogP contribution in [0.25, 0.3) is 0 Å². The van der Waals surface area contributed by atoms with Crippen LogP contribution in [0.15, 0.2) is 42.5 Å². The first-order valence-electron chi connectivity index (χ1n) is 7.36. The van der Waals surface area contributed by atoms with Crippen LogP contribution in [0.1, 0.15) is 23.6 Å².